The number of fused-ring (bicyclic) bond motifs is 2. The summed E-state index contributed by atoms with van der Waals surface area (Å²) in [6.45, 7) is 0. The van der Waals surface area contributed by atoms with Crippen molar-refractivity contribution in [1.82, 2.24) is 0 Å². The number of nitriles is 1. The minimum Gasteiger partial charge on any atom is -0.478 e. The highest BCUT2D eigenvalue weighted by Gasteiger charge is 2.38. The minimum atomic E-state index is -1.23. The van der Waals surface area contributed by atoms with Gasteiger partial charge in [0.1, 0.15) is 34.6 Å². The van der Waals surface area contributed by atoms with Crippen LogP contribution < -0.4 is 19.3 Å². The molecule has 7 rings (SSSR count). The van der Waals surface area contributed by atoms with Crippen LogP contribution in [0.4, 0.5) is 11.4 Å². The summed E-state index contributed by atoms with van der Waals surface area (Å²) >= 11 is 0. The highest BCUT2D eigenvalue weighted by atomic mass is 16.5. The van der Waals surface area contributed by atoms with Gasteiger partial charge in [-0.1, -0.05) is 6.07 Å². The maximum atomic E-state index is 13.0. The standard InChI is InChI=1S/C37H19N3O10/c38-18-29-30(49-23-10-6-21(7-11-23)39-32(41)25-14-4-19(36(45)46)16-27(25)34(39)43)2-1-3-31(29)50-24-12-8-22(9-13-24)40-33(42)26-15-5-20(37(47)48)17-28(26)35(40)44/h1-17H,(H,45,46)(H,47,48). The zero-order valence-electron chi connectivity index (χ0n) is 25.3. The molecule has 2 aliphatic rings. The van der Waals surface area contributed by atoms with Crippen LogP contribution in [0.1, 0.15) is 67.7 Å². The number of hydrogen-bond acceptors (Lipinski definition) is 9. The molecule has 0 saturated carbocycles. The number of carbonyl (C=O) groups excluding carboxylic acids is 4. The predicted octanol–water partition coefficient (Wildman–Crippen LogP) is 6.14. The van der Waals surface area contributed by atoms with E-state index in [1.807, 2.05) is 0 Å². The average Bonchev–Trinajstić information content (AvgIpc) is 3.52. The van der Waals surface area contributed by atoms with Gasteiger partial charge in [0.2, 0.25) is 0 Å². The van der Waals surface area contributed by atoms with Crippen molar-refractivity contribution >= 4 is 46.9 Å². The Balaban J connectivity index is 1.07. The van der Waals surface area contributed by atoms with E-state index in [4.69, 9.17) is 9.47 Å². The number of aromatic carboxylic acids is 2. The number of rotatable bonds is 8. The lowest BCUT2D eigenvalue weighted by Crippen LogP contribution is -2.29. The van der Waals surface area contributed by atoms with Gasteiger partial charge in [0, 0.05) is 0 Å². The van der Waals surface area contributed by atoms with Crippen molar-refractivity contribution in [1.29, 1.82) is 5.26 Å². The molecule has 0 aliphatic carbocycles. The Morgan fingerprint density at radius 1 is 0.540 bits per heavy atom. The van der Waals surface area contributed by atoms with Gasteiger partial charge in [0.05, 0.1) is 44.8 Å². The van der Waals surface area contributed by atoms with E-state index in [-0.39, 0.29) is 73.3 Å². The smallest absolute Gasteiger partial charge is 0.335 e. The Bertz CT molecular complexity index is 2220. The van der Waals surface area contributed by atoms with Crippen molar-refractivity contribution in [2.24, 2.45) is 0 Å². The van der Waals surface area contributed by atoms with E-state index in [0.717, 1.165) is 21.9 Å². The van der Waals surface area contributed by atoms with E-state index in [2.05, 4.69) is 6.07 Å². The molecule has 5 aromatic rings. The van der Waals surface area contributed by atoms with Gasteiger partial charge in [0.25, 0.3) is 23.6 Å². The van der Waals surface area contributed by atoms with Gasteiger partial charge in [0.15, 0.2) is 0 Å². The molecule has 2 heterocycles. The number of carboxylic acid groups (broad SMARTS) is 2. The number of ether oxygens (including phenoxy) is 2. The fourth-order valence-corrected chi connectivity index (χ4v) is 5.59. The lowest BCUT2D eigenvalue weighted by atomic mass is 10.1. The van der Waals surface area contributed by atoms with Gasteiger partial charge >= 0.3 is 11.9 Å². The van der Waals surface area contributed by atoms with Crippen molar-refractivity contribution in [2.75, 3.05) is 9.80 Å². The van der Waals surface area contributed by atoms with E-state index in [0.29, 0.717) is 0 Å². The van der Waals surface area contributed by atoms with E-state index < -0.39 is 35.6 Å². The van der Waals surface area contributed by atoms with E-state index in [1.54, 1.807) is 18.2 Å². The van der Waals surface area contributed by atoms with Gasteiger partial charge in [-0.05, 0) is 97.1 Å². The number of benzene rings is 5. The number of carboxylic acids is 2. The largest absolute Gasteiger partial charge is 0.478 e. The summed E-state index contributed by atoms with van der Waals surface area (Å²) in [7, 11) is 0. The number of imide groups is 2. The van der Waals surface area contributed by atoms with Crippen LogP contribution in [0.2, 0.25) is 0 Å². The van der Waals surface area contributed by atoms with Crippen LogP contribution in [0.5, 0.6) is 23.0 Å². The lowest BCUT2D eigenvalue weighted by molar-refractivity contribution is 0.0686. The summed E-state index contributed by atoms with van der Waals surface area (Å²) < 4.78 is 11.9. The maximum absolute atomic E-state index is 13.0. The molecule has 0 fully saturated rings. The van der Waals surface area contributed by atoms with Gasteiger partial charge in [-0.15, -0.1) is 0 Å². The molecule has 13 nitrogen and oxygen atoms in total. The van der Waals surface area contributed by atoms with Crippen LogP contribution in [0.3, 0.4) is 0 Å². The van der Waals surface area contributed by atoms with E-state index in [9.17, 15) is 44.2 Å². The third kappa shape index (κ3) is 5.15. The maximum Gasteiger partial charge on any atom is 0.335 e. The fourth-order valence-electron chi connectivity index (χ4n) is 5.59. The molecule has 0 saturated heterocycles. The Morgan fingerprint density at radius 3 is 1.28 bits per heavy atom. The van der Waals surface area contributed by atoms with Gasteiger partial charge in [-0.25, -0.2) is 19.4 Å². The Kier molecular flexibility index (Phi) is 7.38. The third-order valence-corrected chi connectivity index (χ3v) is 8.01. The first-order chi connectivity index (χ1) is 24.0. The molecule has 4 amide bonds. The summed E-state index contributed by atoms with van der Waals surface area (Å²) in [4.78, 5) is 76.4. The average molecular weight is 666 g/mol. The van der Waals surface area contributed by atoms with Crippen molar-refractivity contribution in [2.45, 2.75) is 0 Å². The zero-order chi connectivity index (χ0) is 35.3. The summed E-state index contributed by atoms with van der Waals surface area (Å²) in [6, 6.07) is 26.1. The first-order valence-corrected chi connectivity index (χ1v) is 14.7. The van der Waals surface area contributed by atoms with Crippen LogP contribution >= 0.6 is 0 Å². The normalized spacial score (nSPS) is 13.2. The molecule has 0 spiro atoms. The van der Waals surface area contributed by atoms with Crippen molar-refractivity contribution < 1.29 is 48.5 Å². The molecule has 242 valence electrons. The molecule has 50 heavy (non-hydrogen) atoms. The number of anilines is 2. The van der Waals surface area contributed by atoms with Crippen molar-refractivity contribution in [3.05, 3.63) is 142 Å². The molecule has 0 radical (unpaired) electrons. The van der Waals surface area contributed by atoms with E-state index in [1.165, 1.54) is 72.8 Å². The van der Waals surface area contributed by atoms with Crippen molar-refractivity contribution in [3.8, 4) is 29.1 Å². The highest BCUT2D eigenvalue weighted by molar-refractivity contribution is 6.35. The SMILES string of the molecule is N#Cc1c(Oc2ccc(N3C(=O)c4ccc(C(=O)O)cc4C3=O)cc2)cccc1Oc1ccc(N2C(=O)c3ccc(C(=O)O)cc3C2=O)cc1. The molecule has 2 N–H and O–H groups in total. The topological polar surface area (TPSA) is 192 Å². The molecular formula is C37H19N3O10. The summed E-state index contributed by atoms with van der Waals surface area (Å²) in [5.41, 5.74) is 0.417. The van der Waals surface area contributed by atoms with Crippen LogP contribution in [-0.2, 0) is 0 Å². The zero-order valence-corrected chi connectivity index (χ0v) is 25.3. The second kappa shape index (κ2) is 11.9. The first-order valence-electron chi connectivity index (χ1n) is 14.7. The number of amides is 4. The van der Waals surface area contributed by atoms with Crippen LogP contribution in [0.25, 0.3) is 0 Å². The van der Waals surface area contributed by atoms with E-state index >= 15 is 0 Å². The predicted molar refractivity (Wildman–Crippen MR) is 173 cm³/mol. The second-order valence-electron chi connectivity index (χ2n) is 11.0. The third-order valence-electron chi connectivity index (χ3n) is 8.01. The molecule has 0 bridgehead atoms. The summed E-state index contributed by atoms with van der Waals surface area (Å²) in [5.74, 6) is -4.15. The quantitative estimate of drug-likeness (QED) is 0.181. The first kappa shape index (κ1) is 31.0. The van der Waals surface area contributed by atoms with Gasteiger partial charge in [-0.3, -0.25) is 19.2 Å². The molecule has 2 aliphatic heterocycles. The number of hydrogen-bond donors (Lipinski definition) is 2. The number of nitrogens with zero attached hydrogens (tertiary/aromatic N) is 3. The van der Waals surface area contributed by atoms with Gasteiger partial charge < -0.3 is 19.7 Å². The molecule has 0 unspecified atom stereocenters. The Hall–Kier alpha value is -7.59. The molecular weight excluding hydrogens is 646 g/mol. The van der Waals surface area contributed by atoms with Gasteiger partial charge in [-0.2, -0.15) is 5.26 Å². The Labute approximate surface area is 281 Å². The number of carbonyl (C=O) groups is 6. The van der Waals surface area contributed by atoms with Crippen molar-refractivity contribution in [3.63, 3.8) is 0 Å². The summed E-state index contributed by atoms with van der Waals surface area (Å²) in [6.07, 6.45) is 0. The summed E-state index contributed by atoms with van der Waals surface area (Å²) in [5, 5.41) is 28.5. The van der Waals surface area contributed by atoms with Crippen LogP contribution in [0, 0.1) is 11.3 Å². The molecule has 0 aromatic heterocycles. The highest BCUT2D eigenvalue weighted by Crippen LogP contribution is 2.37. The van der Waals surface area contributed by atoms with Crippen LogP contribution in [0.15, 0.2) is 103 Å². The second-order valence-corrected chi connectivity index (χ2v) is 11.0. The van der Waals surface area contributed by atoms with Crippen LogP contribution in [-0.4, -0.2) is 45.8 Å². The minimum absolute atomic E-state index is 0.0139. The fraction of sp³-hybridized carbons (Fsp3) is 0. The molecule has 13 heteroatoms. The lowest BCUT2D eigenvalue weighted by Gasteiger charge is -2.16. The monoisotopic (exact) mass is 665 g/mol. The molecule has 0 atom stereocenters. The Morgan fingerprint density at radius 2 is 0.920 bits per heavy atom. The molecule has 5 aromatic carbocycles.